The fourth-order valence-corrected chi connectivity index (χ4v) is 3.02. The van der Waals surface area contributed by atoms with Gasteiger partial charge in [-0.1, -0.05) is 0 Å². The Bertz CT molecular complexity index is 1000. The lowest BCUT2D eigenvalue weighted by Crippen LogP contribution is -2.31. The molecule has 0 radical (unpaired) electrons. The normalized spacial score (nSPS) is 12.5. The number of esters is 1. The summed E-state index contributed by atoms with van der Waals surface area (Å²) >= 11 is 0. The van der Waals surface area contributed by atoms with Crippen molar-refractivity contribution in [2.45, 2.75) is 6.92 Å². The predicted octanol–water partition coefficient (Wildman–Crippen LogP) is 1.81. The van der Waals surface area contributed by atoms with E-state index in [1.54, 1.807) is 24.3 Å². The summed E-state index contributed by atoms with van der Waals surface area (Å²) in [5.41, 5.74) is 0.746. The smallest absolute Gasteiger partial charge is 0.338 e. The molecule has 0 bridgehead atoms. The molecule has 2 aromatic rings. The van der Waals surface area contributed by atoms with Gasteiger partial charge in [-0.05, 0) is 49.4 Å². The van der Waals surface area contributed by atoms with Gasteiger partial charge in [-0.25, -0.2) is 9.69 Å². The van der Waals surface area contributed by atoms with Crippen LogP contribution >= 0.6 is 0 Å². The molecular weight excluding hydrogens is 404 g/mol. The third-order valence-corrected chi connectivity index (χ3v) is 4.49. The van der Waals surface area contributed by atoms with Crippen LogP contribution in [0, 0.1) is 0 Å². The standard InChI is InChI=1S/C22H22N2O7/c1-3-30-16-7-5-15(6-8-16)24-20(26)17-9-4-14(12-18(17)21(24)27)22(28)31-13-19(25)23-10-11-29-2/h4-9,12H,3,10-11,13H2,1-2H3,(H,23,25). The van der Waals surface area contributed by atoms with Gasteiger partial charge in [0, 0.05) is 13.7 Å². The van der Waals surface area contributed by atoms with E-state index in [-0.39, 0.29) is 16.7 Å². The SMILES string of the molecule is CCOc1ccc(N2C(=O)c3ccc(C(=O)OCC(=O)NCCOC)cc3C2=O)cc1. The maximum Gasteiger partial charge on any atom is 0.338 e. The highest BCUT2D eigenvalue weighted by Crippen LogP contribution is 2.30. The topological polar surface area (TPSA) is 111 Å². The Labute approximate surface area is 178 Å². The summed E-state index contributed by atoms with van der Waals surface area (Å²) in [6, 6.07) is 10.7. The first-order valence-electron chi connectivity index (χ1n) is 9.64. The molecule has 0 unspecified atom stereocenters. The van der Waals surface area contributed by atoms with Crippen LogP contribution in [0.25, 0.3) is 0 Å². The lowest BCUT2D eigenvalue weighted by atomic mass is 10.1. The van der Waals surface area contributed by atoms with Gasteiger partial charge >= 0.3 is 5.97 Å². The van der Waals surface area contributed by atoms with Gasteiger partial charge in [0.25, 0.3) is 17.7 Å². The molecule has 0 fully saturated rings. The van der Waals surface area contributed by atoms with Gasteiger partial charge in [0.1, 0.15) is 5.75 Å². The zero-order valence-electron chi connectivity index (χ0n) is 17.2. The van der Waals surface area contributed by atoms with E-state index in [9.17, 15) is 19.2 Å². The zero-order chi connectivity index (χ0) is 22.4. The number of hydrogen-bond donors (Lipinski definition) is 1. The van der Waals surface area contributed by atoms with Gasteiger partial charge < -0.3 is 19.5 Å². The number of benzene rings is 2. The molecule has 0 aromatic heterocycles. The van der Waals surface area contributed by atoms with Crippen LogP contribution in [0.4, 0.5) is 5.69 Å². The summed E-state index contributed by atoms with van der Waals surface area (Å²) in [6.07, 6.45) is 0. The summed E-state index contributed by atoms with van der Waals surface area (Å²) in [6.45, 7) is 2.52. The second kappa shape index (κ2) is 9.86. The van der Waals surface area contributed by atoms with E-state index >= 15 is 0 Å². The van der Waals surface area contributed by atoms with Crippen LogP contribution in [0.3, 0.4) is 0 Å². The van der Waals surface area contributed by atoms with Gasteiger partial charge in [0.15, 0.2) is 6.61 Å². The number of fused-ring (bicyclic) bond motifs is 1. The third-order valence-electron chi connectivity index (χ3n) is 4.49. The van der Waals surface area contributed by atoms with Crippen LogP contribution in [0.2, 0.25) is 0 Å². The molecule has 0 saturated heterocycles. The van der Waals surface area contributed by atoms with Crippen LogP contribution in [0.1, 0.15) is 38.0 Å². The molecule has 0 spiro atoms. The predicted molar refractivity (Wildman–Crippen MR) is 110 cm³/mol. The Hall–Kier alpha value is -3.72. The number of amides is 3. The van der Waals surface area contributed by atoms with Crippen molar-refractivity contribution in [1.29, 1.82) is 0 Å². The van der Waals surface area contributed by atoms with Gasteiger partial charge in [0.2, 0.25) is 0 Å². The lowest BCUT2D eigenvalue weighted by molar-refractivity contribution is -0.124. The van der Waals surface area contributed by atoms with Gasteiger partial charge in [0.05, 0.1) is 35.6 Å². The number of carbonyl (C=O) groups is 4. The van der Waals surface area contributed by atoms with Crippen molar-refractivity contribution >= 4 is 29.4 Å². The minimum Gasteiger partial charge on any atom is -0.494 e. The average Bonchev–Trinajstić information content (AvgIpc) is 3.02. The fraction of sp³-hybridized carbons (Fsp3) is 0.273. The van der Waals surface area contributed by atoms with Crippen molar-refractivity contribution in [2.75, 3.05) is 38.4 Å². The number of hydrogen-bond acceptors (Lipinski definition) is 7. The van der Waals surface area contributed by atoms with E-state index in [4.69, 9.17) is 14.2 Å². The van der Waals surface area contributed by atoms with E-state index in [0.717, 1.165) is 4.90 Å². The van der Waals surface area contributed by atoms with Crippen LogP contribution in [0.5, 0.6) is 5.75 Å². The van der Waals surface area contributed by atoms with Crippen LogP contribution in [0.15, 0.2) is 42.5 Å². The second-order valence-electron chi connectivity index (χ2n) is 6.55. The molecule has 1 heterocycles. The summed E-state index contributed by atoms with van der Waals surface area (Å²) < 4.78 is 15.2. The highest BCUT2D eigenvalue weighted by Gasteiger charge is 2.37. The Kier molecular flexibility index (Phi) is 6.99. The van der Waals surface area contributed by atoms with Crippen molar-refractivity contribution in [3.05, 3.63) is 59.2 Å². The Morgan fingerprint density at radius 2 is 1.71 bits per heavy atom. The average molecular weight is 426 g/mol. The second-order valence-corrected chi connectivity index (χ2v) is 6.55. The molecule has 2 aromatic carbocycles. The first-order valence-corrected chi connectivity index (χ1v) is 9.64. The van der Waals surface area contributed by atoms with Crippen LogP contribution in [-0.4, -0.2) is 57.2 Å². The van der Waals surface area contributed by atoms with E-state index < -0.39 is 30.3 Å². The number of nitrogens with zero attached hydrogens (tertiary/aromatic N) is 1. The number of rotatable bonds is 9. The van der Waals surface area contributed by atoms with Gasteiger partial charge in [-0.2, -0.15) is 0 Å². The monoisotopic (exact) mass is 426 g/mol. The highest BCUT2D eigenvalue weighted by atomic mass is 16.5. The molecule has 1 aliphatic rings. The molecule has 162 valence electrons. The third kappa shape index (κ3) is 4.89. The molecular formula is C22H22N2O7. The Morgan fingerprint density at radius 3 is 2.39 bits per heavy atom. The van der Waals surface area contributed by atoms with Crippen molar-refractivity contribution < 1.29 is 33.4 Å². The number of ether oxygens (including phenoxy) is 3. The molecule has 0 saturated carbocycles. The fourth-order valence-electron chi connectivity index (χ4n) is 3.02. The maximum absolute atomic E-state index is 12.9. The maximum atomic E-state index is 12.9. The Balaban J connectivity index is 1.70. The highest BCUT2D eigenvalue weighted by molar-refractivity contribution is 6.34. The van der Waals surface area contributed by atoms with Crippen LogP contribution < -0.4 is 15.0 Å². The largest absolute Gasteiger partial charge is 0.494 e. The van der Waals surface area contributed by atoms with E-state index in [1.165, 1.54) is 25.3 Å². The van der Waals surface area contributed by atoms with Gasteiger partial charge in [-0.15, -0.1) is 0 Å². The van der Waals surface area contributed by atoms with E-state index in [1.807, 2.05) is 6.92 Å². The van der Waals surface area contributed by atoms with Crippen molar-refractivity contribution in [3.63, 3.8) is 0 Å². The molecule has 0 aliphatic carbocycles. The number of imide groups is 1. The summed E-state index contributed by atoms with van der Waals surface area (Å²) in [4.78, 5) is 50.5. The molecule has 1 N–H and O–H groups in total. The molecule has 3 amide bonds. The summed E-state index contributed by atoms with van der Waals surface area (Å²) in [5.74, 6) is -1.65. The summed E-state index contributed by atoms with van der Waals surface area (Å²) in [7, 11) is 1.50. The summed E-state index contributed by atoms with van der Waals surface area (Å²) in [5, 5.41) is 2.53. The van der Waals surface area contributed by atoms with Gasteiger partial charge in [-0.3, -0.25) is 14.4 Å². The minimum absolute atomic E-state index is 0.0677. The molecule has 3 rings (SSSR count). The number of anilines is 1. The van der Waals surface area contributed by atoms with E-state index in [0.29, 0.717) is 31.2 Å². The Morgan fingerprint density at radius 1 is 1.00 bits per heavy atom. The first-order chi connectivity index (χ1) is 15.0. The lowest BCUT2D eigenvalue weighted by Gasteiger charge is -2.14. The number of carbonyl (C=O) groups excluding carboxylic acids is 4. The molecule has 1 aliphatic heterocycles. The molecule has 31 heavy (non-hydrogen) atoms. The van der Waals surface area contributed by atoms with Crippen molar-refractivity contribution in [1.82, 2.24) is 5.32 Å². The first kappa shape index (κ1) is 22.0. The quantitative estimate of drug-likeness (QED) is 0.370. The number of methoxy groups -OCH3 is 1. The number of nitrogens with one attached hydrogen (secondary N) is 1. The zero-order valence-corrected chi connectivity index (χ0v) is 17.2. The molecule has 0 atom stereocenters. The molecule has 9 nitrogen and oxygen atoms in total. The minimum atomic E-state index is -0.774. The van der Waals surface area contributed by atoms with Crippen LogP contribution in [-0.2, 0) is 14.3 Å². The molecule has 9 heteroatoms. The van der Waals surface area contributed by atoms with E-state index in [2.05, 4.69) is 5.32 Å². The van der Waals surface area contributed by atoms with Crippen molar-refractivity contribution in [2.24, 2.45) is 0 Å². The van der Waals surface area contributed by atoms with Crippen molar-refractivity contribution in [3.8, 4) is 5.75 Å².